The summed E-state index contributed by atoms with van der Waals surface area (Å²) in [6.07, 6.45) is -4.73. The molecule has 0 fully saturated rings. The third-order valence-electron chi connectivity index (χ3n) is 8.94. The van der Waals surface area contributed by atoms with Gasteiger partial charge in [-0.05, 0) is 78.7 Å². The predicted octanol–water partition coefficient (Wildman–Crippen LogP) is 9.91. The van der Waals surface area contributed by atoms with Crippen LogP contribution >= 0.6 is 0 Å². The third kappa shape index (κ3) is 4.32. The van der Waals surface area contributed by atoms with Crippen molar-refractivity contribution in [2.24, 2.45) is 0 Å². The van der Waals surface area contributed by atoms with Crippen LogP contribution in [0.25, 0.3) is 66.1 Å². The molecule has 8 rings (SSSR count). The number of rotatable bonds is 3. The lowest BCUT2D eigenvalue weighted by atomic mass is 9.93. The van der Waals surface area contributed by atoms with Gasteiger partial charge in [-0.25, -0.2) is 0 Å². The van der Waals surface area contributed by atoms with Gasteiger partial charge in [0.2, 0.25) is 0 Å². The van der Waals surface area contributed by atoms with Gasteiger partial charge in [0.25, 0.3) is 0 Å². The van der Waals surface area contributed by atoms with Gasteiger partial charge in [-0.1, -0.05) is 54.6 Å². The lowest BCUT2D eigenvalue weighted by molar-refractivity contribution is -0.137. The number of para-hydroxylation sites is 2. The summed E-state index contributed by atoms with van der Waals surface area (Å²) in [7, 11) is 0. The molecule has 0 atom stereocenters. The van der Waals surface area contributed by atoms with E-state index in [9.17, 15) is 18.4 Å². The first-order valence-corrected chi connectivity index (χ1v) is 15.0. The zero-order valence-corrected chi connectivity index (χ0v) is 25.1. The summed E-state index contributed by atoms with van der Waals surface area (Å²) in [6, 6.07) is 36.4. The Morgan fingerprint density at radius 2 is 1.11 bits per heavy atom. The van der Waals surface area contributed by atoms with E-state index in [1.807, 2.05) is 115 Å². The van der Waals surface area contributed by atoms with Crippen LogP contribution in [0.3, 0.4) is 0 Å². The van der Waals surface area contributed by atoms with Gasteiger partial charge in [0.1, 0.15) is 0 Å². The summed E-state index contributed by atoms with van der Waals surface area (Å²) in [6.45, 7) is 1.96. The Bertz CT molecular complexity index is 2620. The minimum atomic E-state index is -4.73. The number of aryl methyl sites for hydroxylation is 1. The second kappa shape index (κ2) is 10.2. The number of hydrogen-bond donors (Lipinski definition) is 2. The van der Waals surface area contributed by atoms with E-state index in [-0.39, 0.29) is 11.1 Å². The molecule has 0 saturated carbocycles. The molecule has 5 nitrogen and oxygen atoms in total. The lowest BCUT2D eigenvalue weighted by Crippen LogP contribution is -2.10. The maximum Gasteiger partial charge on any atom is 0.417 e. The van der Waals surface area contributed by atoms with Gasteiger partial charge in [0.05, 0.1) is 45.0 Å². The lowest BCUT2D eigenvalue weighted by Gasteiger charge is -2.22. The highest BCUT2D eigenvalue weighted by Gasteiger charge is 2.35. The maximum absolute atomic E-state index is 14.8. The van der Waals surface area contributed by atoms with Crippen molar-refractivity contribution in [3.8, 4) is 28.6 Å². The summed E-state index contributed by atoms with van der Waals surface area (Å²) in [5, 5.41) is 13.4. The summed E-state index contributed by atoms with van der Waals surface area (Å²) in [5.74, 6) is 0. The van der Waals surface area contributed by atoms with Crippen LogP contribution in [0.1, 0.15) is 16.7 Å². The van der Waals surface area contributed by atoms with Crippen LogP contribution in [-0.4, -0.2) is 9.13 Å². The zero-order chi connectivity index (χ0) is 32.6. The Morgan fingerprint density at radius 1 is 0.574 bits per heavy atom. The molecule has 0 aliphatic heterocycles. The number of nitrogens with zero attached hydrogens (tertiary/aromatic N) is 3. The van der Waals surface area contributed by atoms with E-state index in [0.717, 1.165) is 55.2 Å². The topological polar surface area (TPSA) is 85.7 Å². The number of halogens is 3. The first-order valence-electron chi connectivity index (χ1n) is 15.0. The van der Waals surface area contributed by atoms with Crippen LogP contribution in [0.2, 0.25) is 0 Å². The average Bonchev–Trinajstić information content (AvgIpc) is 3.55. The first-order chi connectivity index (χ1) is 22.6. The van der Waals surface area contributed by atoms with Crippen LogP contribution in [-0.2, 0) is 6.18 Å². The fraction of sp³-hybridized carbons (Fsp3) is 0.0513. The van der Waals surface area contributed by atoms with Crippen molar-refractivity contribution >= 4 is 55.0 Å². The van der Waals surface area contributed by atoms with Gasteiger partial charge in [0, 0.05) is 44.2 Å². The Kier molecular flexibility index (Phi) is 6.11. The molecule has 0 amide bonds. The van der Waals surface area contributed by atoms with Crippen molar-refractivity contribution in [1.29, 1.82) is 5.26 Å². The maximum atomic E-state index is 14.8. The van der Waals surface area contributed by atoms with E-state index < -0.39 is 11.7 Å². The highest BCUT2D eigenvalue weighted by atomic mass is 19.4. The number of nitriles is 1. The molecule has 0 unspecified atom stereocenters. The van der Waals surface area contributed by atoms with E-state index in [0.29, 0.717) is 28.3 Å². The Balaban J connectivity index is 1.55. The molecule has 8 aromatic rings. The molecule has 6 aromatic carbocycles. The van der Waals surface area contributed by atoms with Crippen molar-refractivity contribution in [2.75, 3.05) is 11.5 Å². The number of hydrogen-bond acceptors (Lipinski definition) is 3. The minimum Gasteiger partial charge on any atom is -0.399 e. The summed E-state index contributed by atoms with van der Waals surface area (Å²) in [4.78, 5) is 0. The number of benzene rings is 6. The molecule has 0 radical (unpaired) electrons. The van der Waals surface area contributed by atoms with Crippen molar-refractivity contribution in [1.82, 2.24) is 9.13 Å². The van der Waals surface area contributed by atoms with Crippen molar-refractivity contribution in [2.45, 2.75) is 13.1 Å². The van der Waals surface area contributed by atoms with E-state index in [4.69, 9.17) is 11.5 Å². The molecule has 47 heavy (non-hydrogen) atoms. The standard InChI is InChI=1S/C39H26F3N5/c1-22-16-36(47-34-9-5-3-7-28(34)30-15-12-25(45)19-38(30)47)31(26-13-10-23(21-43)17-32(26)39(40,41)42)20-35(22)46-33-8-4-2-6-27(33)29-14-11-24(44)18-37(29)46/h2-20H,44-45H2,1H3. The van der Waals surface area contributed by atoms with Gasteiger partial charge in [0.15, 0.2) is 0 Å². The molecular formula is C39H26F3N5. The van der Waals surface area contributed by atoms with E-state index >= 15 is 0 Å². The first kappa shape index (κ1) is 28.3. The fourth-order valence-corrected chi connectivity index (χ4v) is 6.90. The summed E-state index contributed by atoms with van der Waals surface area (Å²) in [5.41, 5.74) is 18.5. The van der Waals surface area contributed by atoms with Crippen LogP contribution in [0, 0.1) is 18.3 Å². The predicted molar refractivity (Wildman–Crippen MR) is 184 cm³/mol. The van der Waals surface area contributed by atoms with Crippen LogP contribution < -0.4 is 11.5 Å². The number of nitrogen functional groups attached to an aromatic ring is 2. The molecule has 4 N–H and O–H groups in total. The van der Waals surface area contributed by atoms with E-state index in [1.54, 1.807) is 0 Å². The zero-order valence-electron chi connectivity index (χ0n) is 25.1. The molecule has 2 aromatic heterocycles. The number of fused-ring (bicyclic) bond motifs is 6. The SMILES string of the molecule is Cc1cc(-n2c3ccccc3c3ccc(N)cc32)c(-c2ccc(C#N)cc2C(F)(F)F)cc1-n1c2ccccc2c2ccc(N)cc21. The highest BCUT2D eigenvalue weighted by Crippen LogP contribution is 2.44. The molecule has 0 bridgehead atoms. The molecule has 0 aliphatic rings. The molecular weight excluding hydrogens is 595 g/mol. The molecule has 0 aliphatic carbocycles. The third-order valence-corrected chi connectivity index (χ3v) is 8.94. The Hall–Kier alpha value is -6.20. The molecule has 2 heterocycles. The van der Waals surface area contributed by atoms with Crippen LogP contribution in [0.4, 0.5) is 24.5 Å². The highest BCUT2D eigenvalue weighted by molar-refractivity contribution is 6.12. The van der Waals surface area contributed by atoms with Gasteiger partial charge in [-0.3, -0.25) is 0 Å². The molecule has 8 heteroatoms. The van der Waals surface area contributed by atoms with Gasteiger partial charge in [-0.2, -0.15) is 18.4 Å². The summed E-state index contributed by atoms with van der Waals surface area (Å²) < 4.78 is 48.6. The van der Waals surface area contributed by atoms with Crippen LogP contribution in [0.5, 0.6) is 0 Å². The summed E-state index contributed by atoms with van der Waals surface area (Å²) >= 11 is 0. The monoisotopic (exact) mass is 621 g/mol. The number of anilines is 2. The molecule has 0 saturated heterocycles. The largest absolute Gasteiger partial charge is 0.417 e. The fourth-order valence-electron chi connectivity index (χ4n) is 6.90. The Morgan fingerprint density at radius 3 is 1.66 bits per heavy atom. The van der Waals surface area contributed by atoms with Crippen molar-refractivity contribution in [3.63, 3.8) is 0 Å². The second-order valence-electron chi connectivity index (χ2n) is 11.8. The molecule has 228 valence electrons. The van der Waals surface area contributed by atoms with Gasteiger partial charge in [-0.15, -0.1) is 0 Å². The normalized spacial score (nSPS) is 12.0. The van der Waals surface area contributed by atoms with Gasteiger partial charge < -0.3 is 20.6 Å². The van der Waals surface area contributed by atoms with E-state index in [2.05, 4.69) is 4.57 Å². The number of alkyl halides is 3. The number of nitrogens with two attached hydrogens (primary N) is 2. The second-order valence-corrected chi connectivity index (χ2v) is 11.8. The van der Waals surface area contributed by atoms with Crippen LogP contribution in [0.15, 0.2) is 115 Å². The van der Waals surface area contributed by atoms with Crippen molar-refractivity contribution in [3.05, 3.63) is 132 Å². The van der Waals surface area contributed by atoms with E-state index in [1.165, 1.54) is 12.1 Å². The van der Waals surface area contributed by atoms with Gasteiger partial charge >= 0.3 is 6.18 Å². The molecule has 0 spiro atoms. The smallest absolute Gasteiger partial charge is 0.399 e. The average molecular weight is 622 g/mol. The van der Waals surface area contributed by atoms with Crippen molar-refractivity contribution < 1.29 is 13.2 Å². The number of aromatic nitrogens is 2. The minimum absolute atomic E-state index is 0.0390. The quantitative estimate of drug-likeness (QED) is 0.193. The Labute approximate surface area is 267 Å².